The topological polar surface area (TPSA) is 268 Å². The van der Waals surface area contributed by atoms with E-state index >= 15 is 0 Å². The van der Waals surface area contributed by atoms with Crippen molar-refractivity contribution in [2.24, 2.45) is 28.1 Å². The Kier molecular flexibility index (Phi) is 13.4. The zero-order valence-corrected chi connectivity index (χ0v) is 24.3. The highest BCUT2D eigenvalue weighted by Gasteiger charge is 2.32. The second-order valence-electron chi connectivity index (χ2n) is 10.4. The van der Waals surface area contributed by atoms with Crippen molar-refractivity contribution in [2.45, 2.75) is 76.5 Å². The maximum atomic E-state index is 13.6. The van der Waals surface area contributed by atoms with Crippen LogP contribution < -0.4 is 33.2 Å². The van der Waals surface area contributed by atoms with Crippen molar-refractivity contribution in [2.75, 3.05) is 6.54 Å². The Hall–Kier alpha value is -4.66. The highest BCUT2D eigenvalue weighted by molar-refractivity contribution is 5.95. The summed E-state index contributed by atoms with van der Waals surface area (Å²) < 4.78 is 0. The van der Waals surface area contributed by atoms with Crippen molar-refractivity contribution in [1.29, 1.82) is 0 Å². The number of carbonyl (C=O) groups is 5. The number of hydrogen-bond acceptors (Lipinski definition) is 7. The van der Waals surface area contributed by atoms with Crippen LogP contribution in [0.25, 0.3) is 10.9 Å². The minimum absolute atomic E-state index is 0.0141. The van der Waals surface area contributed by atoms with Crippen molar-refractivity contribution in [3.8, 4) is 0 Å². The van der Waals surface area contributed by atoms with Crippen LogP contribution in [0.5, 0.6) is 0 Å². The molecule has 3 amide bonds. The van der Waals surface area contributed by atoms with Gasteiger partial charge in [0.1, 0.15) is 18.1 Å². The smallest absolute Gasteiger partial charge is 0.326 e. The van der Waals surface area contributed by atoms with Gasteiger partial charge in [-0.2, -0.15) is 0 Å². The lowest BCUT2D eigenvalue weighted by Crippen LogP contribution is -2.58. The molecular weight excluding hydrogens is 560 g/mol. The number of aliphatic carboxylic acids is 2. The molecule has 0 aliphatic rings. The zero-order chi connectivity index (χ0) is 32.1. The number of para-hydroxylation sites is 1. The Labute approximate surface area is 249 Å². The summed E-state index contributed by atoms with van der Waals surface area (Å²) in [5.74, 6) is -5.24. The first kappa shape index (κ1) is 34.5. The molecule has 0 aliphatic heterocycles. The van der Waals surface area contributed by atoms with E-state index in [1.54, 1.807) is 20.0 Å². The molecule has 1 aromatic carbocycles. The molecule has 0 bridgehead atoms. The number of rotatable bonds is 18. The number of aliphatic imine (C=N–C) groups is 1. The molecule has 1 heterocycles. The highest BCUT2D eigenvalue weighted by atomic mass is 16.4. The molecule has 2 rings (SSSR count). The van der Waals surface area contributed by atoms with Gasteiger partial charge in [-0.05, 0) is 36.8 Å². The van der Waals surface area contributed by atoms with Crippen molar-refractivity contribution < 1.29 is 34.2 Å². The SMILES string of the molecule is CCC(C)C(NC(=O)C(CCC(=O)O)NC(=O)C(Cc1c[nH]c2ccccc12)NC(=O)C(N)CCCN=C(N)N)C(=O)O. The molecular formula is C28H42N8O7. The van der Waals surface area contributed by atoms with E-state index in [9.17, 15) is 34.2 Å². The number of hydrogen-bond donors (Lipinski definition) is 9. The number of carboxylic acid groups (broad SMARTS) is 2. The molecule has 2 aromatic rings. The fraction of sp³-hybridized carbons (Fsp3) is 0.500. The lowest BCUT2D eigenvalue weighted by Gasteiger charge is -2.26. The molecule has 236 valence electrons. The van der Waals surface area contributed by atoms with Crippen LogP contribution in [0, 0.1) is 5.92 Å². The average molecular weight is 603 g/mol. The molecule has 5 unspecified atom stereocenters. The molecule has 0 aliphatic carbocycles. The molecule has 0 spiro atoms. The molecule has 0 saturated carbocycles. The van der Waals surface area contributed by atoms with Crippen LogP contribution in [0.1, 0.15) is 51.5 Å². The number of benzene rings is 1. The molecule has 0 radical (unpaired) electrons. The molecule has 1 aromatic heterocycles. The van der Waals surface area contributed by atoms with E-state index in [0.717, 1.165) is 10.9 Å². The third-order valence-electron chi connectivity index (χ3n) is 7.09. The minimum atomic E-state index is -1.38. The minimum Gasteiger partial charge on any atom is -0.481 e. The van der Waals surface area contributed by atoms with Gasteiger partial charge in [-0.15, -0.1) is 0 Å². The first-order chi connectivity index (χ1) is 20.3. The molecule has 0 saturated heterocycles. The predicted octanol–water partition coefficient (Wildman–Crippen LogP) is -0.459. The van der Waals surface area contributed by atoms with Crippen LogP contribution in [-0.4, -0.2) is 81.5 Å². The largest absolute Gasteiger partial charge is 0.481 e. The van der Waals surface area contributed by atoms with Crippen LogP contribution in [0.15, 0.2) is 35.5 Å². The van der Waals surface area contributed by atoms with Crippen LogP contribution in [0.3, 0.4) is 0 Å². The van der Waals surface area contributed by atoms with Crippen molar-refractivity contribution in [3.63, 3.8) is 0 Å². The van der Waals surface area contributed by atoms with Crippen molar-refractivity contribution in [3.05, 3.63) is 36.0 Å². The quantitative estimate of drug-likeness (QED) is 0.0602. The van der Waals surface area contributed by atoms with Crippen LogP contribution >= 0.6 is 0 Å². The summed E-state index contributed by atoms with van der Waals surface area (Å²) in [5.41, 5.74) is 18.2. The summed E-state index contributed by atoms with van der Waals surface area (Å²) in [6, 6.07) is 2.52. The Morgan fingerprint density at radius 2 is 1.60 bits per heavy atom. The Balaban J connectivity index is 2.30. The normalized spacial score (nSPS) is 14.5. The fourth-order valence-corrected chi connectivity index (χ4v) is 4.40. The number of nitrogens with two attached hydrogens (primary N) is 3. The second kappa shape index (κ2) is 16.7. The predicted molar refractivity (Wildman–Crippen MR) is 160 cm³/mol. The Morgan fingerprint density at radius 1 is 0.953 bits per heavy atom. The molecule has 5 atom stereocenters. The molecule has 0 fully saturated rings. The van der Waals surface area contributed by atoms with Gasteiger partial charge in [-0.1, -0.05) is 38.5 Å². The fourth-order valence-electron chi connectivity index (χ4n) is 4.40. The van der Waals surface area contributed by atoms with E-state index in [1.165, 1.54) is 0 Å². The zero-order valence-electron chi connectivity index (χ0n) is 24.3. The average Bonchev–Trinajstić information content (AvgIpc) is 3.37. The maximum Gasteiger partial charge on any atom is 0.326 e. The van der Waals surface area contributed by atoms with Gasteiger partial charge in [-0.25, -0.2) is 4.79 Å². The number of aromatic amines is 1. The number of carboxylic acids is 2. The summed E-state index contributed by atoms with van der Waals surface area (Å²) in [6.07, 6.45) is 2.01. The summed E-state index contributed by atoms with van der Waals surface area (Å²) in [4.78, 5) is 69.8. The van der Waals surface area contributed by atoms with Crippen molar-refractivity contribution in [1.82, 2.24) is 20.9 Å². The van der Waals surface area contributed by atoms with E-state index in [4.69, 9.17) is 17.2 Å². The number of guanidine groups is 1. The van der Waals surface area contributed by atoms with E-state index in [1.807, 2.05) is 24.3 Å². The van der Waals surface area contributed by atoms with Gasteiger partial charge in [0.25, 0.3) is 0 Å². The van der Waals surface area contributed by atoms with Gasteiger partial charge in [-0.3, -0.25) is 24.2 Å². The number of aromatic nitrogens is 1. The number of H-pyrrole nitrogens is 1. The third kappa shape index (κ3) is 10.9. The van der Waals surface area contributed by atoms with Gasteiger partial charge < -0.3 is 48.3 Å². The second-order valence-corrected chi connectivity index (χ2v) is 10.4. The third-order valence-corrected chi connectivity index (χ3v) is 7.09. The Bertz CT molecular complexity index is 1310. The number of nitrogens with zero attached hydrogens (tertiary/aromatic N) is 1. The van der Waals surface area contributed by atoms with E-state index in [0.29, 0.717) is 18.4 Å². The van der Waals surface area contributed by atoms with Gasteiger partial charge >= 0.3 is 11.9 Å². The molecule has 12 N–H and O–H groups in total. The number of amides is 3. The van der Waals surface area contributed by atoms with E-state index < -0.39 is 66.2 Å². The highest BCUT2D eigenvalue weighted by Crippen LogP contribution is 2.19. The van der Waals surface area contributed by atoms with Crippen molar-refractivity contribution >= 4 is 46.5 Å². The van der Waals surface area contributed by atoms with E-state index in [2.05, 4.69) is 25.9 Å². The lowest BCUT2D eigenvalue weighted by molar-refractivity contribution is -0.144. The number of fused-ring (bicyclic) bond motifs is 1. The molecule has 15 heteroatoms. The Morgan fingerprint density at radius 3 is 2.23 bits per heavy atom. The molecule has 15 nitrogen and oxygen atoms in total. The summed E-state index contributed by atoms with van der Waals surface area (Å²) >= 11 is 0. The lowest BCUT2D eigenvalue weighted by atomic mass is 9.98. The van der Waals surface area contributed by atoms with Crippen LogP contribution in [-0.2, 0) is 30.4 Å². The summed E-state index contributed by atoms with van der Waals surface area (Å²) in [5, 5.41) is 27.2. The van der Waals surface area contributed by atoms with Crippen LogP contribution in [0.4, 0.5) is 0 Å². The number of carbonyl (C=O) groups excluding carboxylic acids is 3. The monoisotopic (exact) mass is 602 g/mol. The summed E-state index contributed by atoms with van der Waals surface area (Å²) in [6.45, 7) is 3.67. The van der Waals surface area contributed by atoms with Gasteiger partial charge in [0.2, 0.25) is 17.7 Å². The number of nitrogens with one attached hydrogen (secondary N) is 4. The van der Waals surface area contributed by atoms with Gasteiger partial charge in [0.05, 0.1) is 6.04 Å². The van der Waals surface area contributed by atoms with Gasteiger partial charge in [0, 0.05) is 36.5 Å². The van der Waals surface area contributed by atoms with Gasteiger partial charge in [0.15, 0.2) is 5.96 Å². The summed E-state index contributed by atoms with van der Waals surface area (Å²) in [7, 11) is 0. The maximum absolute atomic E-state index is 13.6. The van der Waals surface area contributed by atoms with Crippen LogP contribution in [0.2, 0.25) is 0 Å². The first-order valence-corrected chi connectivity index (χ1v) is 14.1. The standard InChI is InChI=1S/C28H42N8O7/c1-3-15(2)23(27(42)43)36-25(40)20(10-11-22(37)38)34-26(41)21(13-16-14-33-19-9-5-4-7-17(16)19)35-24(39)18(29)8-6-12-32-28(30)31/h4-5,7,9,14-15,18,20-21,23,33H,3,6,8,10-13,29H2,1-2H3,(H,34,41)(H,35,39)(H,36,40)(H,37,38)(H,42,43)(H4,30,31,32). The van der Waals surface area contributed by atoms with E-state index in [-0.39, 0.29) is 31.8 Å². The first-order valence-electron chi connectivity index (χ1n) is 14.1. The molecule has 43 heavy (non-hydrogen) atoms.